The molecule has 1 atom stereocenters. The topological polar surface area (TPSA) is 44.0 Å². The van der Waals surface area contributed by atoms with Crippen LogP contribution in [0, 0.1) is 11.3 Å². The normalized spacial score (nSPS) is 12.1. The Bertz CT molecular complexity index is 288. The Hall–Kier alpha value is -0.850. The largest absolute Gasteiger partial charge is 0.395 e. The molecule has 0 spiro atoms. The SMILES string of the molecule is N#C[C@H](CO)c1ccc(Br)cc1. The predicted octanol–water partition coefficient (Wildman–Crippen LogP) is 2.05. The molecule has 3 heteroatoms. The van der Waals surface area contributed by atoms with Crippen molar-refractivity contribution in [3.05, 3.63) is 34.3 Å². The van der Waals surface area contributed by atoms with E-state index in [1.54, 1.807) is 0 Å². The first-order valence-electron chi connectivity index (χ1n) is 3.54. The lowest BCUT2D eigenvalue weighted by atomic mass is 10.0. The lowest BCUT2D eigenvalue weighted by Crippen LogP contribution is -2.00. The van der Waals surface area contributed by atoms with Gasteiger partial charge < -0.3 is 5.11 Å². The first-order chi connectivity index (χ1) is 5.77. The minimum atomic E-state index is -0.405. The van der Waals surface area contributed by atoms with Gasteiger partial charge in [0, 0.05) is 4.47 Å². The highest BCUT2D eigenvalue weighted by Gasteiger charge is 2.07. The highest BCUT2D eigenvalue weighted by Crippen LogP contribution is 2.17. The van der Waals surface area contributed by atoms with Crippen molar-refractivity contribution in [3.8, 4) is 6.07 Å². The van der Waals surface area contributed by atoms with E-state index in [1.165, 1.54) is 0 Å². The van der Waals surface area contributed by atoms with Crippen molar-refractivity contribution in [1.82, 2.24) is 0 Å². The van der Waals surface area contributed by atoms with Gasteiger partial charge in [-0.1, -0.05) is 28.1 Å². The van der Waals surface area contributed by atoms with Gasteiger partial charge in [0.1, 0.15) is 0 Å². The third kappa shape index (κ3) is 2.07. The van der Waals surface area contributed by atoms with Gasteiger partial charge in [0.2, 0.25) is 0 Å². The second kappa shape index (κ2) is 4.24. The summed E-state index contributed by atoms with van der Waals surface area (Å²) < 4.78 is 0.973. The first-order valence-corrected chi connectivity index (χ1v) is 4.33. The number of hydrogen-bond acceptors (Lipinski definition) is 2. The summed E-state index contributed by atoms with van der Waals surface area (Å²) in [6.07, 6.45) is 0. The van der Waals surface area contributed by atoms with E-state index in [9.17, 15) is 0 Å². The number of aliphatic hydroxyl groups is 1. The molecule has 1 aromatic carbocycles. The Morgan fingerprint density at radius 3 is 2.42 bits per heavy atom. The number of hydrogen-bond donors (Lipinski definition) is 1. The van der Waals surface area contributed by atoms with Crippen molar-refractivity contribution < 1.29 is 5.11 Å². The van der Waals surface area contributed by atoms with Crippen molar-refractivity contribution in [1.29, 1.82) is 5.26 Å². The van der Waals surface area contributed by atoms with E-state index < -0.39 is 5.92 Å². The summed E-state index contributed by atoms with van der Waals surface area (Å²) in [7, 11) is 0. The molecule has 62 valence electrons. The number of halogens is 1. The third-order valence-corrected chi connectivity index (χ3v) is 2.14. The van der Waals surface area contributed by atoms with Crippen LogP contribution in [0.1, 0.15) is 11.5 Å². The fourth-order valence-electron chi connectivity index (χ4n) is 0.916. The van der Waals surface area contributed by atoms with Crippen molar-refractivity contribution >= 4 is 15.9 Å². The average Bonchev–Trinajstić information content (AvgIpc) is 2.10. The maximum Gasteiger partial charge on any atom is 0.0943 e. The van der Waals surface area contributed by atoms with Crippen LogP contribution in [-0.2, 0) is 0 Å². The molecule has 1 N–H and O–H groups in total. The molecule has 0 unspecified atom stereocenters. The minimum Gasteiger partial charge on any atom is -0.395 e. The molecule has 0 saturated carbocycles. The van der Waals surface area contributed by atoms with Crippen LogP contribution in [0.2, 0.25) is 0 Å². The van der Waals surface area contributed by atoms with Crippen molar-refractivity contribution in [2.45, 2.75) is 5.92 Å². The van der Waals surface area contributed by atoms with Crippen molar-refractivity contribution in [3.63, 3.8) is 0 Å². The van der Waals surface area contributed by atoms with Gasteiger partial charge in [0.05, 0.1) is 18.6 Å². The van der Waals surface area contributed by atoms with E-state index in [-0.39, 0.29) is 6.61 Å². The molecular weight excluding hydrogens is 218 g/mol. The highest BCUT2D eigenvalue weighted by molar-refractivity contribution is 9.10. The molecule has 1 aromatic rings. The van der Waals surface area contributed by atoms with E-state index >= 15 is 0 Å². The van der Waals surface area contributed by atoms with Crippen LogP contribution in [0.25, 0.3) is 0 Å². The lowest BCUT2D eigenvalue weighted by molar-refractivity contribution is 0.286. The molecule has 2 nitrogen and oxygen atoms in total. The van der Waals surface area contributed by atoms with E-state index in [1.807, 2.05) is 30.3 Å². The number of nitriles is 1. The summed E-state index contributed by atoms with van der Waals surface area (Å²) in [5, 5.41) is 17.4. The van der Waals surface area contributed by atoms with Gasteiger partial charge in [-0.05, 0) is 17.7 Å². The van der Waals surface area contributed by atoms with E-state index in [0.29, 0.717) is 0 Å². The Kier molecular flexibility index (Phi) is 3.27. The van der Waals surface area contributed by atoms with Gasteiger partial charge in [0.15, 0.2) is 0 Å². The maximum absolute atomic E-state index is 8.81. The van der Waals surface area contributed by atoms with Gasteiger partial charge in [0.25, 0.3) is 0 Å². The molecule has 0 aliphatic carbocycles. The fourth-order valence-corrected chi connectivity index (χ4v) is 1.18. The average molecular weight is 226 g/mol. The fraction of sp³-hybridized carbons (Fsp3) is 0.222. The zero-order valence-corrected chi connectivity index (χ0v) is 7.95. The second-order valence-corrected chi connectivity index (χ2v) is 3.33. The molecule has 0 radical (unpaired) electrons. The van der Waals surface area contributed by atoms with Crippen LogP contribution in [0.3, 0.4) is 0 Å². The van der Waals surface area contributed by atoms with E-state index in [0.717, 1.165) is 10.0 Å². The standard InChI is InChI=1S/C9H8BrNO/c10-9-3-1-7(2-4-9)8(5-11)6-12/h1-4,8,12H,6H2/t8-/m1/s1. The minimum absolute atomic E-state index is 0.127. The van der Waals surface area contributed by atoms with Crippen LogP contribution in [0.4, 0.5) is 0 Å². The Morgan fingerprint density at radius 1 is 1.42 bits per heavy atom. The second-order valence-electron chi connectivity index (χ2n) is 2.42. The monoisotopic (exact) mass is 225 g/mol. The summed E-state index contributed by atoms with van der Waals surface area (Å²) in [5.41, 5.74) is 0.850. The van der Waals surface area contributed by atoms with Gasteiger partial charge in [-0.25, -0.2) is 0 Å². The molecule has 12 heavy (non-hydrogen) atoms. The zero-order chi connectivity index (χ0) is 8.97. The van der Waals surface area contributed by atoms with Crippen LogP contribution < -0.4 is 0 Å². The van der Waals surface area contributed by atoms with Gasteiger partial charge >= 0.3 is 0 Å². The van der Waals surface area contributed by atoms with Gasteiger partial charge in [-0.15, -0.1) is 0 Å². The van der Waals surface area contributed by atoms with Crippen molar-refractivity contribution in [2.75, 3.05) is 6.61 Å². The predicted molar refractivity (Wildman–Crippen MR) is 49.6 cm³/mol. The number of benzene rings is 1. The molecule has 0 amide bonds. The smallest absolute Gasteiger partial charge is 0.0943 e. The highest BCUT2D eigenvalue weighted by atomic mass is 79.9. The molecule has 0 aromatic heterocycles. The van der Waals surface area contributed by atoms with Crippen LogP contribution >= 0.6 is 15.9 Å². The van der Waals surface area contributed by atoms with E-state index in [4.69, 9.17) is 10.4 Å². The summed E-state index contributed by atoms with van der Waals surface area (Å²) in [6, 6.07) is 9.39. The number of aliphatic hydroxyl groups excluding tert-OH is 1. The summed E-state index contributed by atoms with van der Waals surface area (Å²) in [6.45, 7) is -0.127. The van der Waals surface area contributed by atoms with Gasteiger partial charge in [-0.3, -0.25) is 0 Å². The molecule has 0 heterocycles. The molecular formula is C9H8BrNO. The molecule has 0 bridgehead atoms. The molecule has 0 aliphatic rings. The van der Waals surface area contributed by atoms with E-state index in [2.05, 4.69) is 15.9 Å². The Morgan fingerprint density at radius 2 is 2.00 bits per heavy atom. The zero-order valence-electron chi connectivity index (χ0n) is 6.37. The number of nitrogens with zero attached hydrogens (tertiary/aromatic N) is 1. The number of rotatable bonds is 2. The van der Waals surface area contributed by atoms with Gasteiger partial charge in [-0.2, -0.15) is 5.26 Å². The molecule has 1 rings (SSSR count). The van der Waals surface area contributed by atoms with Crippen molar-refractivity contribution in [2.24, 2.45) is 0 Å². The van der Waals surface area contributed by atoms with Crippen LogP contribution in [0.15, 0.2) is 28.7 Å². The molecule has 0 fully saturated rings. The lowest BCUT2D eigenvalue weighted by Gasteiger charge is -2.04. The summed E-state index contributed by atoms with van der Waals surface area (Å²) in [5.74, 6) is -0.405. The quantitative estimate of drug-likeness (QED) is 0.838. The third-order valence-electron chi connectivity index (χ3n) is 1.61. The first kappa shape index (κ1) is 9.24. The molecule has 0 saturated heterocycles. The summed E-state index contributed by atoms with van der Waals surface area (Å²) in [4.78, 5) is 0. The Labute approximate surface area is 79.6 Å². The van der Waals surface area contributed by atoms with Crippen LogP contribution in [0.5, 0.6) is 0 Å². The Balaban J connectivity index is 2.89. The summed E-state index contributed by atoms with van der Waals surface area (Å²) >= 11 is 3.29. The molecule has 0 aliphatic heterocycles. The van der Waals surface area contributed by atoms with Crippen LogP contribution in [-0.4, -0.2) is 11.7 Å². The maximum atomic E-state index is 8.81.